The molecule has 1 aliphatic rings. The van der Waals surface area contributed by atoms with Gasteiger partial charge in [0.05, 0.1) is 6.10 Å². The number of aryl methyl sites for hydroxylation is 1. The lowest BCUT2D eigenvalue weighted by Crippen LogP contribution is -2.22. The van der Waals surface area contributed by atoms with Crippen molar-refractivity contribution in [3.8, 4) is 0 Å². The summed E-state index contributed by atoms with van der Waals surface area (Å²) in [5, 5.41) is 0. The first kappa shape index (κ1) is 15.0. The Balaban J connectivity index is 1.79. The van der Waals surface area contributed by atoms with Crippen molar-refractivity contribution in [3.05, 3.63) is 35.4 Å². The van der Waals surface area contributed by atoms with Gasteiger partial charge in [0.1, 0.15) is 0 Å². The molecule has 1 atom stereocenters. The van der Waals surface area contributed by atoms with Crippen LogP contribution in [0.2, 0.25) is 0 Å². The number of carbonyl (C=O) groups excluding carboxylic acids is 1. The number of ether oxygens (including phenoxy) is 1. The van der Waals surface area contributed by atoms with Gasteiger partial charge in [-0.25, -0.2) is 0 Å². The molecule has 3 nitrogen and oxygen atoms in total. The first-order valence-electron chi connectivity index (χ1n) is 7.50. The normalized spacial score (nSPS) is 19.5. The fourth-order valence-corrected chi connectivity index (χ4v) is 2.84. The summed E-state index contributed by atoms with van der Waals surface area (Å²) in [5.41, 5.74) is 2.66. The minimum Gasteiger partial charge on any atom is -0.463 e. The smallest absolute Gasteiger partial charge is 0.306 e. The molecule has 2 rings (SSSR count). The van der Waals surface area contributed by atoms with Gasteiger partial charge in [0.15, 0.2) is 0 Å². The van der Waals surface area contributed by atoms with E-state index >= 15 is 0 Å². The van der Waals surface area contributed by atoms with Gasteiger partial charge in [0, 0.05) is 19.5 Å². The standard InChI is InChI=1S/C17H25NO2/c1-13(2)20-17(19)10-16-7-8-18(12-16)11-15-6-4-5-14(3)9-15/h4-6,9,13,16H,7-8,10-12H2,1-3H3. The molecular formula is C17H25NO2. The number of carbonyl (C=O) groups is 1. The molecule has 110 valence electrons. The van der Waals surface area contributed by atoms with Crippen molar-refractivity contribution < 1.29 is 9.53 Å². The predicted octanol–water partition coefficient (Wildman–Crippen LogP) is 3.16. The summed E-state index contributed by atoms with van der Waals surface area (Å²) in [4.78, 5) is 14.1. The summed E-state index contributed by atoms with van der Waals surface area (Å²) < 4.78 is 5.22. The third kappa shape index (κ3) is 4.64. The largest absolute Gasteiger partial charge is 0.463 e. The summed E-state index contributed by atoms with van der Waals surface area (Å²) in [6.07, 6.45) is 1.65. The van der Waals surface area contributed by atoms with E-state index < -0.39 is 0 Å². The maximum Gasteiger partial charge on any atom is 0.306 e. The second-order valence-electron chi connectivity index (χ2n) is 6.12. The second kappa shape index (κ2) is 6.89. The number of likely N-dealkylation sites (tertiary alicyclic amines) is 1. The van der Waals surface area contributed by atoms with Crippen molar-refractivity contribution in [1.29, 1.82) is 0 Å². The summed E-state index contributed by atoms with van der Waals surface area (Å²) >= 11 is 0. The van der Waals surface area contributed by atoms with Crippen LogP contribution >= 0.6 is 0 Å². The summed E-state index contributed by atoms with van der Waals surface area (Å²) in [6.45, 7) is 8.98. The molecule has 0 amide bonds. The topological polar surface area (TPSA) is 29.5 Å². The van der Waals surface area contributed by atoms with Gasteiger partial charge >= 0.3 is 5.97 Å². The lowest BCUT2D eigenvalue weighted by Gasteiger charge is -2.16. The molecule has 0 saturated carbocycles. The van der Waals surface area contributed by atoms with Gasteiger partial charge in [0.2, 0.25) is 0 Å². The molecular weight excluding hydrogens is 250 g/mol. The zero-order valence-electron chi connectivity index (χ0n) is 12.8. The number of hydrogen-bond acceptors (Lipinski definition) is 3. The van der Waals surface area contributed by atoms with Crippen molar-refractivity contribution in [2.24, 2.45) is 5.92 Å². The molecule has 0 bridgehead atoms. The van der Waals surface area contributed by atoms with Gasteiger partial charge in [-0.05, 0) is 45.2 Å². The maximum atomic E-state index is 11.7. The van der Waals surface area contributed by atoms with E-state index in [4.69, 9.17) is 4.74 Å². The molecule has 0 aromatic heterocycles. The Bertz CT molecular complexity index is 456. The lowest BCUT2D eigenvalue weighted by molar-refractivity contribution is -0.148. The van der Waals surface area contributed by atoms with Crippen molar-refractivity contribution in [2.75, 3.05) is 13.1 Å². The lowest BCUT2D eigenvalue weighted by atomic mass is 10.1. The van der Waals surface area contributed by atoms with Crippen LogP contribution in [-0.4, -0.2) is 30.1 Å². The summed E-state index contributed by atoms with van der Waals surface area (Å²) in [5.74, 6) is 0.397. The van der Waals surface area contributed by atoms with Crippen LogP contribution in [-0.2, 0) is 16.1 Å². The Morgan fingerprint density at radius 2 is 2.25 bits per heavy atom. The monoisotopic (exact) mass is 275 g/mol. The maximum absolute atomic E-state index is 11.7. The molecule has 1 saturated heterocycles. The zero-order chi connectivity index (χ0) is 14.5. The zero-order valence-corrected chi connectivity index (χ0v) is 12.8. The van der Waals surface area contributed by atoms with Crippen LogP contribution in [0.4, 0.5) is 0 Å². The van der Waals surface area contributed by atoms with Crippen LogP contribution in [0.1, 0.15) is 37.8 Å². The highest BCUT2D eigenvalue weighted by Crippen LogP contribution is 2.22. The van der Waals surface area contributed by atoms with E-state index in [1.165, 1.54) is 11.1 Å². The van der Waals surface area contributed by atoms with E-state index in [0.717, 1.165) is 26.1 Å². The molecule has 0 N–H and O–H groups in total. The van der Waals surface area contributed by atoms with Crippen LogP contribution < -0.4 is 0 Å². The van der Waals surface area contributed by atoms with E-state index in [0.29, 0.717) is 12.3 Å². The van der Waals surface area contributed by atoms with Crippen LogP contribution in [0.5, 0.6) is 0 Å². The van der Waals surface area contributed by atoms with Gasteiger partial charge in [-0.15, -0.1) is 0 Å². The van der Waals surface area contributed by atoms with Crippen LogP contribution in [0, 0.1) is 12.8 Å². The Labute approximate surface area is 121 Å². The molecule has 0 spiro atoms. The van der Waals surface area contributed by atoms with Crippen molar-refractivity contribution >= 4 is 5.97 Å². The number of hydrogen-bond donors (Lipinski definition) is 0. The molecule has 1 unspecified atom stereocenters. The minimum absolute atomic E-state index is 0.00713. The Morgan fingerprint density at radius 3 is 2.95 bits per heavy atom. The van der Waals surface area contributed by atoms with Crippen molar-refractivity contribution in [3.63, 3.8) is 0 Å². The first-order chi connectivity index (χ1) is 9.52. The van der Waals surface area contributed by atoms with Crippen LogP contribution in [0.3, 0.4) is 0 Å². The average molecular weight is 275 g/mol. The Kier molecular flexibility index (Phi) is 5.18. The van der Waals surface area contributed by atoms with Crippen LogP contribution in [0.15, 0.2) is 24.3 Å². The van der Waals surface area contributed by atoms with E-state index in [1.54, 1.807) is 0 Å². The highest BCUT2D eigenvalue weighted by molar-refractivity contribution is 5.69. The molecule has 1 heterocycles. The number of benzene rings is 1. The average Bonchev–Trinajstić information content (AvgIpc) is 2.75. The van der Waals surface area contributed by atoms with Gasteiger partial charge in [0.25, 0.3) is 0 Å². The van der Waals surface area contributed by atoms with E-state index in [2.05, 4.69) is 36.1 Å². The van der Waals surface area contributed by atoms with E-state index in [1.807, 2.05) is 13.8 Å². The van der Waals surface area contributed by atoms with Gasteiger partial charge in [-0.1, -0.05) is 29.8 Å². The molecule has 1 aromatic carbocycles. The second-order valence-corrected chi connectivity index (χ2v) is 6.12. The SMILES string of the molecule is Cc1cccc(CN2CCC(CC(=O)OC(C)C)C2)c1. The third-order valence-electron chi connectivity index (χ3n) is 3.68. The quantitative estimate of drug-likeness (QED) is 0.773. The highest BCUT2D eigenvalue weighted by atomic mass is 16.5. The molecule has 1 aromatic rings. The van der Waals surface area contributed by atoms with Crippen molar-refractivity contribution in [1.82, 2.24) is 4.90 Å². The summed E-state index contributed by atoms with van der Waals surface area (Å²) in [7, 11) is 0. The fraction of sp³-hybridized carbons (Fsp3) is 0.588. The molecule has 3 heteroatoms. The third-order valence-corrected chi connectivity index (χ3v) is 3.68. The highest BCUT2D eigenvalue weighted by Gasteiger charge is 2.25. The predicted molar refractivity (Wildman–Crippen MR) is 80.4 cm³/mol. The fourth-order valence-electron chi connectivity index (χ4n) is 2.84. The molecule has 0 aliphatic carbocycles. The van der Waals surface area contributed by atoms with E-state index in [-0.39, 0.29) is 12.1 Å². The van der Waals surface area contributed by atoms with Gasteiger partial charge in [-0.3, -0.25) is 9.69 Å². The Morgan fingerprint density at radius 1 is 1.45 bits per heavy atom. The Hall–Kier alpha value is -1.35. The molecule has 0 radical (unpaired) electrons. The van der Waals surface area contributed by atoms with E-state index in [9.17, 15) is 4.79 Å². The number of esters is 1. The molecule has 1 aliphatic heterocycles. The minimum atomic E-state index is -0.0533. The number of rotatable bonds is 5. The van der Waals surface area contributed by atoms with Gasteiger partial charge in [-0.2, -0.15) is 0 Å². The van der Waals surface area contributed by atoms with Crippen molar-refractivity contribution in [2.45, 2.75) is 46.3 Å². The van der Waals surface area contributed by atoms with Crippen LogP contribution in [0.25, 0.3) is 0 Å². The molecule has 1 fully saturated rings. The molecule has 20 heavy (non-hydrogen) atoms. The summed E-state index contributed by atoms with van der Waals surface area (Å²) in [6, 6.07) is 8.64. The first-order valence-corrected chi connectivity index (χ1v) is 7.50. The van der Waals surface area contributed by atoms with Gasteiger partial charge < -0.3 is 4.74 Å². The number of nitrogens with zero attached hydrogens (tertiary/aromatic N) is 1.